The minimum atomic E-state index is -1.11. The fourth-order valence-electron chi connectivity index (χ4n) is 1.02. The zero-order valence-electron chi connectivity index (χ0n) is 6.33. The first-order valence-electron chi connectivity index (χ1n) is 3.12. The van der Waals surface area contributed by atoms with Crippen molar-refractivity contribution in [2.75, 3.05) is 0 Å². The molecule has 4 nitrogen and oxygen atoms in total. The standard InChI is InChI=1S/C7H9NO3/c1-4-3-8(2)5(6(4)9)7(10)11/h3,9H,1-2H3,(H,10,11). The molecule has 0 aliphatic heterocycles. The molecule has 0 amide bonds. The lowest BCUT2D eigenvalue weighted by molar-refractivity contribution is 0.0683. The number of carboxylic acids is 1. The number of carboxylic acid groups (broad SMARTS) is 1. The van der Waals surface area contributed by atoms with Gasteiger partial charge >= 0.3 is 5.97 Å². The Balaban J connectivity index is 3.34. The van der Waals surface area contributed by atoms with Crippen molar-refractivity contribution in [2.24, 2.45) is 7.05 Å². The third-order valence-electron chi connectivity index (χ3n) is 1.54. The van der Waals surface area contributed by atoms with Gasteiger partial charge in [0, 0.05) is 18.8 Å². The summed E-state index contributed by atoms with van der Waals surface area (Å²) in [6.45, 7) is 1.65. The summed E-state index contributed by atoms with van der Waals surface area (Å²) in [7, 11) is 1.58. The van der Waals surface area contributed by atoms with Crippen LogP contribution in [0.2, 0.25) is 0 Å². The molecule has 0 aliphatic carbocycles. The molecule has 1 aromatic rings. The van der Waals surface area contributed by atoms with Crippen molar-refractivity contribution in [1.82, 2.24) is 4.57 Å². The van der Waals surface area contributed by atoms with Crippen LogP contribution in [0.5, 0.6) is 5.75 Å². The maximum Gasteiger partial charge on any atom is 0.356 e. The van der Waals surface area contributed by atoms with Crippen LogP contribution in [0.3, 0.4) is 0 Å². The summed E-state index contributed by atoms with van der Waals surface area (Å²) in [5, 5.41) is 17.8. The molecule has 1 rings (SSSR count). The van der Waals surface area contributed by atoms with Gasteiger partial charge in [-0.3, -0.25) is 0 Å². The van der Waals surface area contributed by atoms with Crippen LogP contribution in [0.1, 0.15) is 16.1 Å². The van der Waals surface area contributed by atoms with E-state index in [-0.39, 0.29) is 11.4 Å². The predicted octanol–water partition coefficient (Wildman–Crippen LogP) is 0.737. The number of hydrogen-bond acceptors (Lipinski definition) is 2. The van der Waals surface area contributed by atoms with Gasteiger partial charge in [0.1, 0.15) is 0 Å². The summed E-state index contributed by atoms with van der Waals surface area (Å²) < 4.78 is 1.38. The minimum absolute atomic E-state index is 0.0671. The van der Waals surface area contributed by atoms with Crippen LogP contribution in [0.15, 0.2) is 6.20 Å². The second kappa shape index (κ2) is 2.30. The van der Waals surface area contributed by atoms with E-state index in [1.165, 1.54) is 4.57 Å². The van der Waals surface area contributed by atoms with E-state index in [0.29, 0.717) is 5.56 Å². The molecule has 0 bridgehead atoms. The lowest BCUT2D eigenvalue weighted by Crippen LogP contribution is -2.03. The highest BCUT2D eigenvalue weighted by atomic mass is 16.4. The first-order chi connectivity index (χ1) is 5.04. The maximum atomic E-state index is 10.5. The Morgan fingerprint density at radius 3 is 2.36 bits per heavy atom. The molecule has 2 N–H and O–H groups in total. The van der Waals surface area contributed by atoms with Gasteiger partial charge < -0.3 is 14.8 Å². The Hall–Kier alpha value is -1.45. The van der Waals surface area contributed by atoms with Gasteiger partial charge in [-0.05, 0) is 6.92 Å². The van der Waals surface area contributed by atoms with Crippen LogP contribution >= 0.6 is 0 Å². The van der Waals surface area contributed by atoms with Crippen LogP contribution < -0.4 is 0 Å². The predicted molar refractivity (Wildman–Crippen MR) is 38.8 cm³/mol. The normalized spacial score (nSPS) is 10.0. The van der Waals surface area contributed by atoms with Crippen molar-refractivity contribution in [3.05, 3.63) is 17.5 Å². The van der Waals surface area contributed by atoms with Crippen LogP contribution in [-0.2, 0) is 7.05 Å². The summed E-state index contributed by atoms with van der Waals surface area (Å²) in [4.78, 5) is 10.5. The van der Waals surface area contributed by atoms with Crippen molar-refractivity contribution in [1.29, 1.82) is 0 Å². The molecule has 0 aromatic carbocycles. The van der Waals surface area contributed by atoms with Crippen molar-refractivity contribution in [3.63, 3.8) is 0 Å². The van der Waals surface area contributed by atoms with Crippen molar-refractivity contribution < 1.29 is 15.0 Å². The number of aromatic hydroxyl groups is 1. The highest BCUT2D eigenvalue weighted by Crippen LogP contribution is 2.22. The summed E-state index contributed by atoms with van der Waals surface area (Å²) >= 11 is 0. The fraction of sp³-hybridized carbons (Fsp3) is 0.286. The summed E-state index contributed by atoms with van der Waals surface area (Å²) in [6.07, 6.45) is 1.57. The molecule has 0 aliphatic rings. The largest absolute Gasteiger partial charge is 0.505 e. The number of carbonyl (C=O) groups is 1. The average molecular weight is 155 g/mol. The van der Waals surface area contributed by atoms with Crippen LogP contribution in [-0.4, -0.2) is 20.7 Å². The number of rotatable bonds is 1. The Bertz CT molecular complexity index is 301. The second-order valence-corrected chi connectivity index (χ2v) is 2.43. The summed E-state index contributed by atoms with van der Waals surface area (Å²) in [5.41, 5.74) is 0.507. The van der Waals surface area contributed by atoms with E-state index in [0.717, 1.165) is 0 Å². The first kappa shape index (κ1) is 7.65. The molecule has 0 saturated carbocycles. The van der Waals surface area contributed by atoms with E-state index in [1.54, 1.807) is 20.2 Å². The molecule has 0 fully saturated rings. The summed E-state index contributed by atoms with van der Waals surface area (Å²) in [6, 6.07) is 0. The van der Waals surface area contributed by atoms with Crippen molar-refractivity contribution >= 4 is 5.97 Å². The first-order valence-corrected chi connectivity index (χ1v) is 3.12. The summed E-state index contributed by atoms with van der Waals surface area (Å²) in [5.74, 6) is -1.27. The number of nitrogens with zero attached hydrogens (tertiary/aromatic N) is 1. The van der Waals surface area contributed by atoms with E-state index < -0.39 is 5.97 Å². The smallest absolute Gasteiger partial charge is 0.356 e. The Morgan fingerprint density at radius 2 is 2.18 bits per heavy atom. The third-order valence-corrected chi connectivity index (χ3v) is 1.54. The van der Waals surface area contributed by atoms with E-state index in [2.05, 4.69) is 0 Å². The Labute approximate surface area is 63.7 Å². The van der Waals surface area contributed by atoms with Gasteiger partial charge in [-0.1, -0.05) is 0 Å². The quantitative estimate of drug-likeness (QED) is 0.628. The van der Waals surface area contributed by atoms with Gasteiger partial charge in [-0.2, -0.15) is 0 Å². The molecule has 60 valence electrons. The van der Waals surface area contributed by atoms with Gasteiger partial charge in [0.15, 0.2) is 11.4 Å². The van der Waals surface area contributed by atoms with Gasteiger partial charge in [0.25, 0.3) is 0 Å². The molecular formula is C7H9NO3. The molecule has 11 heavy (non-hydrogen) atoms. The average Bonchev–Trinajstić information content (AvgIpc) is 2.07. The lowest BCUT2D eigenvalue weighted by atomic mass is 10.3. The molecule has 4 heteroatoms. The van der Waals surface area contributed by atoms with E-state index in [9.17, 15) is 9.90 Å². The van der Waals surface area contributed by atoms with Gasteiger partial charge in [0.05, 0.1) is 0 Å². The molecule has 0 atom stereocenters. The van der Waals surface area contributed by atoms with Crippen LogP contribution in [0.4, 0.5) is 0 Å². The topological polar surface area (TPSA) is 62.5 Å². The van der Waals surface area contributed by atoms with E-state index in [1.807, 2.05) is 0 Å². The molecule has 0 radical (unpaired) electrons. The monoisotopic (exact) mass is 155 g/mol. The van der Waals surface area contributed by atoms with Gasteiger partial charge in [0.2, 0.25) is 0 Å². The zero-order valence-corrected chi connectivity index (χ0v) is 6.33. The van der Waals surface area contributed by atoms with E-state index >= 15 is 0 Å². The van der Waals surface area contributed by atoms with E-state index in [4.69, 9.17) is 5.11 Å². The molecule has 1 heterocycles. The molecule has 1 aromatic heterocycles. The number of aromatic carboxylic acids is 1. The third kappa shape index (κ3) is 1.07. The second-order valence-electron chi connectivity index (χ2n) is 2.43. The number of hydrogen-bond donors (Lipinski definition) is 2. The number of aryl methyl sites for hydroxylation is 2. The lowest BCUT2D eigenvalue weighted by Gasteiger charge is -1.95. The minimum Gasteiger partial charge on any atom is -0.505 e. The highest BCUT2D eigenvalue weighted by Gasteiger charge is 2.15. The van der Waals surface area contributed by atoms with Crippen LogP contribution in [0, 0.1) is 6.92 Å². The molecule has 0 spiro atoms. The van der Waals surface area contributed by atoms with Gasteiger partial charge in [-0.25, -0.2) is 4.79 Å². The maximum absolute atomic E-state index is 10.5. The molecule has 0 saturated heterocycles. The Morgan fingerprint density at radius 1 is 1.64 bits per heavy atom. The SMILES string of the molecule is Cc1cn(C)c(C(=O)O)c1O. The van der Waals surface area contributed by atoms with Crippen LogP contribution in [0.25, 0.3) is 0 Å². The highest BCUT2D eigenvalue weighted by molar-refractivity contribution is 5.89. The molecular weight excluding hydrogens is 146 g/mol. The number of aromatic nitrogens is 1. The molecule has 0 unspecified atom stereocenters. The van der Waals surface area contributed by atoms with Gasteiger partial charge in [-0.15, -0.1) is 0 Å². The fourth-order valence-corrected chi connectivity index (χ4v) is 1.02. The Kier molecular flexibility index (Phi) is 1.60. The zero-order chi connectivity index (χ0) is 8.59. The van der Waals surface area contributed by atoms with Crippen molar-refractivity contribution in [3.8, 4) is 5.75 Å². The van der Waals surface area contributed by atoms with Crippen molar-refractivity contribution in [2.45, 2.75) is 6.92 Å².